The summed E-state index contributed by atoms with van der Waals surface area (Å²) in [4.78, 5) is 42.1. The van der Waals surface area contributed by atoms with Gasteiger partial charge < -0.3 is 10.1 Å². The minimum atomic E-state index is -0.496. The predicted molar refractivity (Wildman–Crippen MR) is 110 cm³/mol. The number of esters is 1. The van der Waals surface area contributed by atoms with Crippen molar-refractivity contribution in [3.63, 3.8) is 0 Å². The number of halogens is 2. The molecule has 146 valence electrons. The molecule has 3 aromatic rings. The molecule has 0 radical (unpaired) electrons. The number of hydrogen-bond donors (Lipinski definition) is 1. The fraction of sp³-hybridized carbons (Fsp3) is 0.222. The van der Waals surface area contributed by atoms with E-state index in [4.69, 9.17) is 27.9 Å². The van der Waals surface area contributed by atoms with Gasteiger partial charge in [-0.1, -0.05) is 23.2 Å². The third-order valence-corrected chi connectivity index (χ3v) is 5.45. The molecule has 7 nitrogen and oxygen atoms in total. The van der Waals surface area contributed by atoms with Crippen LogP contribution in [0.15, 0.2) is 29.3 Å². The van der Waals surface area contributed by atoms with Gasteiger partial charge in [0.05, 0.1) is 18.3 Å². The lowest BCUT2D eigenvalue weighted by Crippen LogP contribution is -2.27. The lowest BCUT2D eigenvalue weighted by molar-refractivity contribution is -0.116. The number of fused-ring (bicyclic) bond motifs is 1. The van der Waals surface area contributed by atoms with E-state index in [1.165, 1.54) is 10.9 Å². The molecule has 0 unspecified atom stereocenters. The molecule has 2 heterocycles. The van der Waals surface area contributed by atoms with Crippen molar-refractivity contribution >= 4 is 62.3 Å². The highest BCUT2D eigenvalue weighted by atomic mass is 35.5. The van der Waals surface area contributed by atoms with Crippen molar-refractivity contribution < 1.29 is 14.3 Å². The summed E-state index contributed by atoms with van der Waals surface area (Å²) in [7, 11) is 0. The lowest BCUT2D eigenvalue weighted by atomic mass is 10.2. The molecule has 1 N–H and O–H groups in total. The van der Waals surface area contributed by atoms with Crippen molar-refractivity contribution in [2.45, 2.75) is 20.4 Å². The summed E-state index contributed by atoms with van der Waals surface area (Å²) in [6.07, 6.45) is 1.28. The molecule has 3 rings (SSSR count). The maximum absolute atomic E-state index is 12.8. The zero-order chi connectivity index (χ0) is 20.4. The molecular formula is C18H15Cl2N3O4S. The molecule has 2 aromatic heterocycles. The van der Waals surface area contributed by atoms with Gasteiger partial charge in [0, 0.05) is 15.7 Å². The maximum atomic E-state index is 12.8. The molecular weight excluding hydrogens is 425 g/mol. The molecule has 1 amide bonds. The van der Waals surface area contributed by atoms with Crippen LogP contribution in [0.2, 0.25) is 10.0 Å². The van der Waals surface area contributed by atoms with Crippen LogP contribution in [-0.2, 0) is 16.1 Å². The van der Waals surface area contributed by atoms with Gasteiger partial charge in [-0.3, -0.25) is 14.2 Å². The first-order valence-electron chi connectivity index (χ1n) is 8.21. The molecule has 0 spiro atoms. The van der Waals surface area contributed by atoms with Crippen molar-refractivity contribution in [2.24, 2.45) is 0 Å². The summed E-state index contributed by atoms with van der Waals surface area (Å²) in [5.74, 6) is -0.940. The number of carbonyl (C=O) groups excluding carboxylic acids is 2. The Labute approximate surface area is 173 Å². The van der Waals surface area contributed by atoms with E-state index in [1.807, 2.05) is 0 Å². The van der Waals surface area contributed by atoms with Gasteiger partial charge in [0.1, 0.15) is 16.3 Å². The molecule has 10 heteroatoms. The van der Waals surface area contributed by atoms with Crippen LogP contribution in [0.3, 0.4) is 0 Å². The highest BCUT2D eigenvalue weighted by Gasteiger charge is 2.20. The topological polar surface area (TPSA) is 90.3 Å². The van der Waals surface area contributed by atoms with E-state index in [1.54, 1.807) is 32.0 Å². The molecule has 0 atom stereocenters. The summed E-state index contributed by atoms with van der Waals surface area (Å²) in [6, 6.07) is 4.63. The van der Waals surface area contributed by atoms with E-state index < -0.39 is 17.4 Å². The van der Waals surface area contributed by atoms with Crippen LogP contribution in [0.25, 0.3) is 10.2 Å². The number of ether oxygens (including phenoxy) is 1. The number of rotatable bonds is 5. The summed E-state index contributed by atoms with van der Waals surface area (Å²) >= 11 is 12.9. The number of aryl methyl sites for hydroxylation is 1. The van der Waals surface area contributed by atoms with E-state index in [0.29, 0.717) is 36.4 Å². The second-order valence-electron chi connectivity index (χ2n) is 5.84. The number of anilines is 1. The maximum Gasteiger partial charge on any atom is 0.348 e. The Hall–Kier alpha value is -2.42. The number of benzene rings is 1. The highest BCUT2D eigenvalue weighted by Crippen LogP contribution is 2.27. The van der Waals surface area contributed by atoms with E-state index in [0.717, 1.165) is 11.3 Å². The molecule has 0 bridgehead atoms. The average molecular weight is 440 g/mol. The Kier molecular flexibility index (Phi) is 6.02. The Morgan fingerprint density at radius 1 is 1.25 bits per heavy atom. The van der Waals surface area contributed by atoms with Crippen LogP contribution in [0, 0.1) is 6.92 Å². The first-order chi connectivity index (χ1) is 13.3. The first kappa shape index (κ1) is 20.3. The molecule has 0 aliphatic carbocycles. The predicted octanol–water partition coefficient (Wildman–Crippen LogP) is 3.89. The summed E-state index contributed by atoms with van der Waals surface area (Å²) < 4.78 is 6.19. The Morgan fingerprint density at radius 3 is 2.57 bits per heavy atom. The van der Waals surface area contributed by atoms with Crippen LogP contribution in [0.5, 0.6) is 0 Å². The molecule has 0 aliphatic rings. The van der Waals surface area contributed by atoms with Gasteiger partial charge in [-0.25, -0.2) is 9.78 Å². The second kappa shape index (κ2) is 8.30. The van der Waals surface area contributed by atoms with Gasteiger partial charge in [0.25, 0.3) is 5.56 Å². The minimum absolute atomic E-state index is 0.234. The van der Waals surface area contributed by atoms with Crippen LogP contribution in [-0.4, -0.2) is 28.0 Å². The van der Waals surface area contributed by atoms with Gasteiger partial charge in [-0.15, -0.1) is 11.3 Å². The SMILES string of the molecule is CCOC(=O)c1sc2ncn(CC(=O)Nc3cc(Cl)cc(Cl)c3)c(=O)c2c1C. The van der Waals surface area contributed by atoms with E-state index >= 15 is 0 Å². The van der Waals surface area contributed by atoms with Crippen LogP contribution in [0.1, 0.15) is 22.2 Å². The highest BCUT2D eigenvalue weighted by molar-refractivity contribution is 7.20. The largest absolute Gasteiger partial charge is 0.462 e. The molecule has 0 saturated carbocycles. The smallest absolute Gasteiger partial charge is 0.348 e. The first-order valence-corrected chi connectivity index (χ1v) is 9.79. The van der Waals surface area contributed by atoms with Crippen molar-refractivity contribution in [3.05, 3.63) is 55.4 Å². The third kappa shape index (κ3) is 4.19. The summed E-state index contributed by atoms with van der Waals surface area (Å²) in [5, 5.41) is 3.69. The van der Waals surface area contributed by atoms with Gasteiger partial charge >= 0.3 is 5.97 Å². The Balaban J connectivity index is 1.88. The van der Waals surface area contributed by atoms with Crippen molar-refractivity contribution in [1.29, 1.82) is 0 Å². The van der Waals surface area contributed by atoms with E-state index in [9.17, 15) is 14.4 Å². The van der Waals surface area contributed by atoms with E-state index in [-0.39, 0.29) is 13.2 Å². The number of amides is 1. The minimum Gasteiger partial charge on any atom is -0.462 e. The molecule has 0 saturated heterocycles. The fourth-order valence-corrected chi connectivity index (χ4v) is 4.20. The van der Waals surface area contributed by atoms with Gasteiger partial charge in [-0.2, -0.15) is 0 Å². The van der Waals surface area contributed by atoms with Crippen molar-refractivity contribution in [1.82, 2.24) is 9.55 Å². The Bertz CT molecular complexity index is 1120. The third-order valence-electron chi connectivity index (χ3n) is 3.84. The number of hydrogen-bond acceptors (Lipinski definition) is 6. The van der Waals surface area contributed by atoms with Crippen LogP contribution < -0.4 is 10.9 Å². The van der Waals surface area contributed by atoms with Crippen LogP contribution >= 0.6 is 34.5 Å². The number of nitrogens with zero attached hydrogens (tertiary/aromatic N) is 2. The fourth-order valence-electron chi connectivity index (χ4n) is 2.64. The van der Waals surface area contributed by atoms with Crippen molar-refractivity contribution in [3.8, 4) is 0 Å². The van der Waals surface area contributed by atoms with Crippen LogP contribution in [0.4, 0.5) is 5.69 Å². The van der Waals surface area contributed by atoms with Gasteiger partial charge in [-0.05, 0) is 37.6 Å². The zero-order valence-electron chi connectivity index (χ0n) is 14.9. The Morgan fingerprint density at radius 2 is 1.93 bits per heavy atom. The average Bonchev–Trinajstić information content (AvgIpc) is 2.94. The molecule has 0 fully saturated rings. The number of thiophene rings is 1. The molecule has 28 heavy (non-hydrogen) atoms. The number of nitrogens with one attached hydrogen (secondary N) is 1. The lowest BCUT2D eigenvalue weighted by Gasteiger charge is -2.08. The van der Waals surface area contributed by atoms with Gasteiger partial charge in [0.2, 0.25) is 5.91 Å². The quantitative estimate of drug-likeness (QED) is 0.608. The summed E-state index contributed by atoms with van der Waals surface area (Å²) in [5.41, 5.74) is 0.502. The zero-order valence-corrected chi connectivity index (χ0v) is 17.2. The molecule has 0 aliphatic heterocycles. The van der Waals surface area contributed by atoms with E-state index in [2.05, 4.69) is 10.3 Å². The molecule has 1 aromatic carbocycles. The standard InChI is InChI=1S/C18H15Cl2N3O4S/c1-3-27-18(26)15-9(2)14-16(28-15)21-8-23(17(14)25)7-13(24)22-12-5-10(19)4-11(20)6-12/h4-6,8H,3,7H2,1-2H3,(H,22,24). The monoisotopic (exact) mass is 439 g/mol. The normalized spacial score (nSPS) is 10.9. The second-order valence-corrected chi connectivity index (χ2v) is 7.71. The number of carbonyl (C=O) groups is 2. The van der Waals surface area contributed by atoms with Crippen molar-refractivity contribution in [2.75, 3.05) is 11.9 Å². The number of aromatic nitrogens is 2. The van der Waals surface area contributed by atoms with Gasteiger partial charge in [0.15, 0.2) is 0 Å². The summed E-state index contributed by atoms with van der Waals surface area (Å²) in [6.45, 7) is 3.35.